The van der Waals surface area contributed by atoms with Gasteiger partial charge in [-0.2, -0.15) is 0 Å². The maximum absolute atomic E-state index is 12.7. The summed E-state index contributed by atoms with van der Waals surface area (Å²) in [5.41, 5.74) is 3.66. The van der Waals surface area contributed by atoms with E-state index >= 15 is 0 Å². The van der Waals surface area contributed by atoms with Crippen LogP contribution in [0.1, 0.15) is 40.5 Å². The number of rotatable bonds is 6. The number of amides is 1. The van der Waals surface area contributed by atoms with Crippen LogP contribution in [0.25, 0.3) is 10.2 Å². The lowest BCUT2D eigenvalue weighted by Crippen LogP contribution is -2.31. The second-order valence-electron chi connectivity index (χ2n) is 7.22. The normalized spacial score (nSPS) is 15.1. The number of hydrogen-bond acceptors (Lipinski definition) is 5. The van der Waals surface area contributed by atoms with Crippen LogP contribution in [0.2, 0.25) is 0 Å². The Morgan fingerprint density at radius 3 is 2.67 bits per heavy atom. The van der Waals surface area contributed by atoms with Crippen molar-refractivity contribution in [3.8, 4) is 0 Å². The number of aromatic nitrogens is 2. The molecular weight excluding hydrogens is 374 g/mol. The highest BCUT2D eigenvalue weighted by atomic mass is 32.2. The van der Waals surface area contributed by atoms with E-state index in [4.69, 9.17) is 0 Å². The second-order valence-corrected chi connectivity index (χ2v) is 9.39. The Balaban J connectivity index is 1.45. The third-order valence-electron chi connectivity index (χ3n) is 5.12. The van der Waals surface area contributed by atoms with Crippen LogP contribution in [0.4, 0.5) is 0 Å². The fourth-order valence-electron chi connectivity index (χ4n) is 3.29. The quantitative estimate of drug-likeness (QED) is 0.471. The molecule has 1 aliphatic rings. The van der Waals surface area contributed by atoms with Gasteiger partial charge in [-0.3, -0.25) is 4.79 Å². The summed E-state index contributed by atoms with van der Waals surface area (Å²) >= 11 is 3.18. The summed E-state index contributed by atoms with van der Waals surface area (Å²) in [5, 5.41) is 5.24. The lowest BCUT2D eigenvalue weighted by molar-refractivity contribution is -0.119. The first-order valence-electron chi connectivity index (χ1n) is 9.22. The first-order valence-corrected chi connectivity index (χ1v) is 11.0. The van der Waals surface area contributed by atoms with Crippen LogP contribution < -0.4 is 5.32 Å². The summed E-state index contributed by atoms with van der Waals surface area (Å²) in [6.45, 7) is 6.29. The molecule has 0 bridgehead atoms. The molecule has 1 atom stereocenters. The molecule has 4 nitrogen and oxygen atoms in total. The van der Waals surface area contributed by atoms with E-state index in [2.05, 4.69) is 60.3 Å². The Bertz CT molecular complexity index is 977. The van der Waals surface area contributed by atoms with Gasteiger partial charge < -0.3 is 5.32 Å². The Hall–Kier alpha value is -1.92. The zero-order valence-electron chi connectivity index (χ0n) is 15.8. The van der Waals surface area contributed by atoms with Gasteiger partial charge in [0.1, 0.15) is 16.2 Å². The molecule has 27 heavy (non-hydrogen) atoms. The lowest BCUT2D eigenvalue weighted by atomic mass is 10.0. The maximum Gasteiger partial charge on any atom is 0.230 e. The van der Waals surface area contributed by atoms with Gasteiger partial charge >= 0.3 is 0 Å². The Kier molecular flexibility index (Phi) is 5.19. The number of nitrogens with one attached hydrogen (secondary N) is 1. The largest absolute Gasteiger partial charge is 0.348 e. The Morgan fingerprint density at radius 2 is 1.96 bits per heavy atom. The molecule has 1 amide bonds. The monoisotopic (exact) mass is 397 g/mol. The number of aryl methyl sites for hydroxylation is 3. The van der Waals surface area contributed by atoms with Crippen molar-refractivity contribution in [1.29, 1.82) is 0 Å². The molecule has 1 saturated carbocycles. The van der Waals surface area contributed by atoms with Crippen LogP contribution in [0.3, 0.4) is 0 Å². The van der Waals surface area contributed by atoms with Crippen molar-refractivity contribution in [2.45, 2.75) is 44.7 Å². The van der Waals surface area contributed by atoms with E-state index in [1.165, 1.54) is 46.2 Å². The minimum absolute atomic E-state index is 0.0637. The summed E-state index contributed by atoms with van der Waals surface area (Å²) in [7, 11) is 0. The SMILES string of the molecule is Cc1ccc(C(NC(=O)CSc2ncnc3sc(C)c(C)c23)C2CC2)cc1. The predicted octanol–water partition coefficient (Wildman–Crippen LogP) is 4.98. The number of benzene rings is 1. The van der Waals surface area contributed by atoms with Gasteiger partial charge in [-0.05, 0) is 50.7 Å². The van der Waals surface area contributed by atoms with E-state index in [-0.39, 0.29) is 11.9 Å². The summed E-state index contributed by atoms with van der Waals surface area (Å²) in [4.78, 5) is 23.7. The molecule has 0 aliphatic heterocycles. The van der Waals surface area contributed by atoms with Gasteiger partial charge in [0.05, 0.1) is 11.8 Å². The van der Waals surface area contributed by atoms with Crippen molar-refractivity contribution in [3.05, 3.63) is 52.2 Å². The van der Waals surface area contributed by atoms with E-state index in [1.807, 2.05) is 0 Å². The topological polar surface area (TPSA) is 54.9 Å². The Morgan fingerprint density at radius 1 is 1.22 bits per heavy atom. The van der Waals surface area contributed by atoms with E-state index in [9.17, 15) is 4.79 Å². The van der Waals surface area contributed by atoms with Gasteiger partial charge in [-0.15, -0.1) is 11.3 Å². The molecule has 1 fully saturated rings. The second kappa shape index (κ2) is 7.60. The fraction of sp³-hybridized carbons (Fsp3) is 0.381. The summed E-state index contributed by atoms with van der Waals surface area (Å²) in [5.74, 6) is 0.998. The fourth-order valence-corrected chi connectivity index (χ4v) is 5.21. The zero-order chi connectivity index (χ0) is 19.0. The molecule has 0 radical (unpaired) electrons. The van der Waals surface area contributed by atoms with Gasteiger partial charge in [0, 0.05) is 10.3 Å². The van der Waals surface area contributed by atoms with Crippen LogP contribution in [-0.4, -0.2) is 21.6 Å². The minimum Gasteiger partial charge on any atom is -0.348 e. The van der Waals surface area contributed by atoms with Crippen molar-refractivity contribution in [2.24, 2.45) is 5.92 Å². The summed E-state index contributed by atoms with van der Waals surface area (Å²) in [6, 6.07) is 8.62. The van der Waals surface area contributed by atoms with Crippen LogP contribution in [-0.2, 0) is 4.79 Å². The molecule has 6 heteroatoms. The molecule has 0 saturated heterocycles. The summed E-state index contributed by atoms with van der Waals surface area (Å²) in [6.07, 6.45) is 3.97. The molecule has 140 valence electrons. The number of thiophene rings is 1. The molecule has 3 aromatic rings. The average Bonchev–Trinajstić information content (AvgIpc) is 3.45. The average molecular weight is 398 g/mol. The van der Waals surface area contributed by atoms with Crippen molar-refractivity contribution in [3.63, 3.8) is 0 Å². The molecule has 2 aromatic heterocycles. The van der Waals surface area contributed by atoms with E-state index < -0.39 is 0 Å². The van der Waals surface area contributed by atoms with Gasteiger partial charge in [-0.1, -0.05) is 41.6 Å². The predicted molar refractivity (Wildman–Crippen MR) is 112 cm³/mol. The maximum atomic E-state index is 12.7. The number of fused-ring (bicyclic) bond motifs is 1. The standard InChI is InChI=1S/C21H23N3OS2/c1-12-4-6-15(7-5-12)19(16-8-9-16)24-17(25)10-26-20-18-13(2)14(3)27-21(18)23-11-22-20/h4-7,11,16,19H,8-10H2,1-3H3,(H,24,25). The molecule has 2 heterocycles. The first kappa shape index (κ1) is 18.4. The minimum atomic E-state index is 0.0637. The number of carbonyl (C=O) groups is 1. The van der Waals surface area contributed by atoms with E-state index in [1.54, 1.807) is 17.7 Å². The molecule has 1 unspecified atom stereocenters. The van der Waals surface area contributed by atoms with E-state index in [0.29, 0.717) is 11.7 Å². The highest BCUT2D eigenvalue weighted by Gasteiger charge is 2.33. The smallest absolute Gasteiger partial charge is 0.230 e. The summed E-state index contributed by atoms with van der Waals surface area (Å²) < 4.78 is 0. The number of hydrogen-bond donors (Lipinski definition) is 1. The van der Waals surface area contributed by atoms with E-state index in [0.717, 1.165) is 15.2 Å². The zero-order valence-corrected chi connectivity index (χ0v) is 17.4. The van der Waals surface area contributed by atoms with Crippen molar-refractivity contribution in [2.75, 3.05) is 5.75 Å². The van der Waals surface area contributed by atoms with Crippen LogP contribution >= 0.6 is 23.1 Å². The van der Waals surface area contributed by atoms with Gasteiger partial charge in [0.2, 0.25) is 5.91 Å². The van der Waals surface area contributed by atoms with Crippen LogP contribution in [0.15, 0.2) is 35.6 Å². The molecule has 1 aliphatic carbocycles. The molecule has 1 N–H and O–H groups in total. The third kappa shape index (κ3) is 4.01. The first-order chi connectivity index (χ1) is 13.0. The lowest BCUT2D eigenvalue weighted by Gasteiger charge is -2.19. The number of carbonyl (C=O) groups excluding carboxylic acids is 1. The van der Waals surface area contributed by atoms with Crippen molar-refractivity contribution in [1.82, 2.24) is 15.3 Å². The van der Waals surface area contributed by atoms with Crippen molar-refractivity contribution >= 4 is 39.2 Å². The van der Waals surface area contributed by atoms with Crippen molar-refractivity contribution < 1.29 is 4.79 Å². The highest BCUT2D eigenvalue weighted by molar-refractivity contribution is 8.00. The van der Waals surface area contributed by atoms with Crippen LogP contribution in [0, 0.1) is 26.7 Å². The van der Waals surface area contributed by atoms with Gasteiger partial charge in [0.15, 0.2) is 0 Å². The third-order valence-corrected chi connectivity index (χ3v) is 7.22. The van der Waals surface area contributed by atoms with Gasteiger partial charge in [-0.25, -0.2) is 9.97 Å². The molecule has 4 rings (SSSR count). The molecular formula is C21H23N3OS2. The Labute approximate surface area is 167 Å². The van der Waals surface area contributed by atoms with Crippen LogP contribution in [0.5, 0.6) is 0 Å². The molecule has 0 spiro atoms. The molecule has 1 aromatic carbocycles. The number of nitrogens with zero attached hydrogens (tertiary/aromatic N) is 2. The highest BCUT2D eigenvalue weighted by Crippen LogP contribution is 2.41. The number of thioether (sulfide) groups is 1. The van der Waals surface area contributed by atoms with Gasteiger partial charge in [0.25, 0.3) is 0 Å².